The van der Waals surface area contributed by atoms with E-state index in [4.69, 9.17) is 0 Å². The van der Waals surface area contributed by atoms with Gasteiger partial charge in [-0.05, 0) is 34.5 Å². The summed E-state index contributed by atoms with van der Waals surface area (Å²) in [7, 11) is 0. The number of nitrogens with one attached hydrogen (secondary N) is 1. The van der Waals surface area contributed by atoms with Crippen molar-refractivity contribution in [1.82, 2.24) is 0 Å². The monoisotopic (exact) mass is 356 g/mol. The molecule has 0 radical (unpaired) electrons. The Morgan fingerprint density at radius 2 is 2.00 bits per heavy atom. The number of hydrogen-bond acceptors (Lipinski definition) is 3. The van der Waals surface area contributed by atoms with Crippen LogP contribution in [0.3, 0.4) is 0 Å². The van der Waals surface area contributed by atoms with E-state index in [0.29, 0.717) is 6.07 Å². The lowest BCUT2D eigenvalue weighted by atomic mass is 10.1. The summed E-state index contributed by atoms with van der Waals surface area (Å²) in [4.78, 5) is 9.80. The average molecular weight is 357 g/mol. The molecule has 2 aromatic carbocycles. The Morgan fingerprint density at radius 3 is 2.67 bits per heavy atom. The Bertz CT molecular complexity index is 708. The van der Waals surface area contributed by atoms with Crippen LogP contribution in [-0.4, -0.2) is 4.92 Å². The zero-order valence-electron chi connectivity index (χ0n) is 11.0. The third-order valence-electron chi connectivity index (χ3n) is 2.97. The summed E-state index contributed by atoms with van der Waals surface area (Å²) in [6.45, 7) is 1.91. The highest BCUT2D eigenvalue weighted by molar-refractivity contribution is 9.10. The Morgan fingerprint density at radius 1 is 1.29 bits per heavy atom. The van der Waals surface area contributed by atoms with Crippen molar-refractivity contribution in [2.45, 2.75) is 13.5 Å². The van der Waals surface area contributed by atoms with E-state index in [0.717, 1.165) is 21.8 Å². The highest BCUT2D eigenvalue weighted by Gasteiger charge is 2.18. The van der Waals surface area contributed by atoms with E-state index in [1.165, 1.54) is 0 Å². The van der Waals surface area contributed by atoms with Crippen LogP contribution in [0.15, 0.2) is 34.8 Å². The normalized spacial score (nSPS) is 10.5. The molecule has 1 N–H and O–H groups in total. The Labute approximate surface area is 128 Å². The minimum Gasteiger partial charge on any atom is -0.380 e. The van der Waals surface area contributed by atoms with Gasteiger partial charge in [-0.15, -0.1) is 0 Å². The fourth-order valence-corrected chi connectivity index (χ4v) is 2.24. The van der Waals surface area contributed by atoms with Crippen molar-refractivity contribution in [3.8, 4) is 0 Å². The van der Waals surface area contributed by atoms with E-state index in [9.17, 15) is 18.9 Å². The molecule has 0 atom stereocenters. The van der Waals surface area contributed by atoms with Gasteiger partial charge in [0.15, 0.2) is 0 Å². The van der Waals surface area contributed by atoms with E-state index in [2.05, 4.69) is 21.2 Å². The summed E-state index contributed by atoms with van der Waals surface area (Å²) in [6, 6.07) is 6.94. The zero-order valence-corrected chi connectivity index (χ0v) is 12.6. The molecule has 21 heavy (non-hydrogen) atoms. The highest BCUT2D eigenvalue weighted by atomic mass is 79.9. The van der Waals surface area contributed by atoms with Crippen LogP contribution in [0, 0.1) is 28.7 Å². The van der Waals surface area contributed by atoms with Crippen molar-refractivity contribution >= 4 is 27.3 Å². The number of nitrogens with zero attached hydrogens (tertiary/aromatic N) is 1. The summed E-state index contributed by atoms with van der Waals surface area (Å²) in [5, 5.41) is 13.6. The summed E-state index contributed by atoms with van der Waals surface area (Å²) in [6.07, 6.45) is 0. The SMILES string of the molecule is Cc1cccc(NCc2cc([N+](=O)[O-])c(F)cc2F)c1Br. The second kappa shape index (κ2) is 6.17. The second-order valence-corrected chi connectivity index (χ2v) is 5.24. The van der Waals surface area contributed by atoms with Crippen LogP contribution in [-0.2, 0) is 6.54 Å². The first-order valence-electron chi connectivity index (χ1n) is 6.01. The van der Waals surface area contributed by atoms with E-state index in [1.807, 2.05) is 19.1 Å². The summed E-state index contributed by atoms with van der Waals surface area (Å²) < 4.78 is 27.7. The van der Waals surface area contributed by atoms with Gasteiger partial charge in [-0.1, -0.05) is 12.1 Å². The van der Waals surface area contributed by atoms with Crippen LogP contribution in [0.25, 0.3) is 0 Å². The van der Waals surface area contributed by atoms with Crippen LogP contribution in [0.2, 0.25) is 0 Å². The average Bonchev–Trinajstić information content (AvgIpc) is 2.41. The largest absolute Gasteiger partial charge is 0.380 e. The zero-order chi connectivity index (χ0) is 15.6. The van der Waals surface area contributed by atoms with Gasteiger partial charge in [0.05, 0.1) is 4.92 Å². The standard InChI is InChI=1S/C14H11BrF2N2O2/c1-8-3-2-4-12(14(8)15)18-7-9-5-13(19(20)21)11(17)6-10(9)16/h2-6,18H,7H2,1H3. The van der Waals surface area contributed by atoms with Crippen LogP contribution < -0.4 is 5.32 Å². The predicted molar refractivity (Wildman–Crippen MR) is 79.2 cm³/mol. The minimum atomic E-state index is -1.18. The van der Waals surface area contributed by atoms with E-state index < -0.39 is 22.2 Å². The Hall–Kier alpha value is -2.02. The molecule has 2 rings (SSSR count). The molecule has 0 unspecified atom stereocenters. The predicted octanol–water partition coefficient (Wildman–Crippen LogP) is 4.56. The number of nitro groups is 1. The molecule has 0 amide bonds. The molecule has 4 nitrogen and oxygen atoms in total. The van der Waals surface area contributed by atoms with Crippen molar-refractivity contribution in [2.75, 3.05) is 5.32 Å². The number of anilines is 1. The van der Waals surface area contributed by atoms with Crippen LogP contribution in [0.1, 0.15) is 11.1 Å². The number of halogens is 3. The second-order valence-electron chi connectivity index (χ2n) is 4.44. The summed E-state index contributed by atoms with van der Waals surface area (Å²) in [5.41, 5.74) is 1.000. The molecule has 7 heteroatoms. The molecule has 0 saturated carbocycles. The number of benzene rings is 2. The molecular formula is C14H11BrF2N2O2. The molecule has 110 valence electrons. The Balaban J connectivity index is 2.26. The van der Waals surface area contributed by atoms with Crippen LogP contribution in [0.5, 0.6) is 0 Å². The van der Waals surface area contributed by atoms with Crippen molar-refractivity contribution in [1.29, 1.82) is 0 Å². The smallest absolute Gasteiger partial charge is 0.305 e. The molecule has 0 bridgehead atoms. The number of aryl methyl sites for hydroxylation is 1. The fourth-order valence-electron chi connectivity index (χ4n) is 1.83. The lowest BCUT2D eigenvalue weighted by molar-refractivity contribution is -0.387. The first-order valence-corrected chi connectivity index (χ1v) is 6.80. The third-order valence-corrected chi connectivity index (χ3v) is 4.03. The number of rotatable bonds is 4. The lowest BCUT2D eigenvalue weighted by Crippen LogP contribution is -2.05. The first kappa shape index (κ1) is 15.4. The molecule has 0 heterocycles. The summed E-state index contributed by atoms with van der Waals surface area (Å²) >= 11 is 3.40. The van der Waals surface area contributed by atoms with Gasteiger partial charge in [-0.25, -0.2) is 4.39 Å². The van der Waals surface area contributed by atoms with E-state index in [-0.39, 0.29) is 12.1 Å². The maximum atomic E-state index is 13.7. The highest BCUT2D eigenvalue weighted by Crippen LogP contribution is 2.27. The quantitative estimate of drug-likeness (QED) is 0.645. The maximum absolute atomic E-state index is 13.7. The van der Waals surface area contributed by atoms with Gasteiger partial charge in [0.1, 0.15) is 5.82 Å². The molecule has 0 saturated heterocycles. The number of hydrogen-bond donors (Lipinski definition) is 1. The molecule has 0 aliphatic heterocycles. The van der Waals surface area contributed by atoms with Crippen molar-refractivity contribution in [2.24, 2.45) is 0 Å². The first-order chi connectivity index (χ1) is 9.90. The molecule has 0 aliphatic rings. The molecule has 0 spiro atoms. The van der Waals surface area contributed by atoms with Crippen molar-refractivity contribution < 1.29 is 13.7 Å². The summed E-state index contributed by atoms with van der Waals surface area (Å²) in [5.74, 6) is -2.01. The molecule has 0 aromatic heterocycles. The molecule has 2 aromatic rings. The van der Waals surface area contributed by atoms with E-state index >= 15 is 0 Å². The van der Waals surface area contributed by atoms with Gasteiger partial charge in [0.25, 0.3) is 0 Å². The molecular weight excluding hydrogens is 346 g/mol. The molecule has 0 aliphatic carbocycles. The third kappa shape index (κ3) is 3.36. The lowest BCUT2D eigenvalue weighted by Gasteiger charge is -2.11. The van der Waals surface area contributed by atoms with Gasteiger partial charge in [-0.3, -0.25) is 10.1 Å². The Kier molecular flexibility index (Phi) is 4.52. The number of nitro benzene ring substituents is 1. The maximum Gasteiger partial charge on any atom is 0.305 e. The van der Waals surface area contributed by atoms with Gasteiger partial charge in [0, 0.05) is 34.4 Å². The van der Waals surface area contributed by atoms with Gasteiger partial charge < -0.3 is 5.32 Å². The van der Waals surface area contributed by atoms with Gasteiger partial charge in [-0.2, -0.15) is 4.39 Å². The van der Waals surface area contributed by atoms with Crippen molar-refractivity contribution in [3.05, 3.63) is 67.7 Å². The van der Waals surface area contributed by atoms with Crippen molar-refractivity contribution in [3.63, 3.8) is 0 Å². The van der Waals surface area contributed by atoms with Gasteiger partial charge in [0.2, 0.25) is 5.82 Å². The van der Waals surface area contributed by atoms with Gasteiger partial charge >= 0.3 is 5.69 Å². The van der Waals surface area contributed by atoms with Crippen LogP contribution >= 0.6 is 15.9 Å². The van der Waals surface area contributed by atoms with E-state index in [1.54, 1.807) is 6.07 Å². The van der Waals surface area contributed by atoms with Crippen LogP contribution in [0.4, 0.5) is 20.2 Å². The fraction of sp³-hybridized carbons (Fsp3) is 0.143. The molecule has 0 fully saturated rings. The topological polar surface area (TPSA) is 55.2 Å². The minimum absolute atomic E-state index is 0.00894.